The van der Waals surface area contributed by atoms with Crippen molar-refractivity contribution >= 4 is 5.91 Å². The summed E-state index contributed by atoms with van der Waals surface area (Å²) in [5, 5.41) is 18.1. The van der Waals surface area contributed by atoms with Gasteiger partial charge in [-0.05, 0) is 19.1 Å². The fraction of sp³-hybridized carbons (Fsp3) is 0.214. The number of carbonyl (C=O) groups is 1. The molecule has 0 saturated heterocycles. The summed E-state index contributed by atoms with van der Waals surface area (Å²) < 4.78 is 0. The maximum absolute atomic E-state index is 12.2. The van der Waals surface area contributed by atoms with Gasteiger partial charge in [0.25, 0.3) is 5.91 Å². The molecule has 1 unspecified atom stereocenters. The Morgan fingerprint density at radius 2 is 2.45 bits per heavy atom. The van der Waals surface area contributed by atoms with E-state index in [9.17, 15) is 4.79 Å². The Morgan fingerprint density at radius 3 is 3.15 bits per heavy atom. The van der Waals surface area contributed by atoms with Crippen molar-refractivity contribution in [2.24, 2.45) is 0 Å². The number of aliphatic hydroxyl groups excluding tert-OH is 1. The minimum absolute atomic E-state index is 0.193. The smallest absolute Gasteiger partial charge is 0.271 e. The molecule has 0 spiro atoms. The van der Waals surface area contributed by atoms with Crippen molar-refractivity contribution in [1.29, 1.82) is 0 Å². The van der Waals surface area contributed by atoms with E-state index in [2.05, 4.69) is 32.3 Å². The molecule has 0 radical (unpaired) electrons. The molecule has 102 valence electrons. The molecular formula is C14H14N4O2. The van der Waals surface area contributed by atoms with Gasteiger partial charge in [-0.25, -0.2) is 4.98 Å². The van der Waals surface area contributed by atoms with E-state index in [1.807, 2.05) is 6.92 Å². The number of rotatable bonds is 3. The van der Waals surface area contributed by atoms with Crippen molar-refractivity contribution in [3.8, 4) is 11.8 Å². The lowest BCUT2D eigenvalue weighted by Gasteiger charge is -2.12. The number of nitrogens with one attached hydrogen (secondary N) is 2. The van der Waals surface area contributed by atoms with E-state index in [0.29, 0.717) is 5.56 Å². The van der Waals surface area contributed by atoms with E-state index in [1.165, 1.54) is 6.20 Å². The Balaban J connectivity index is 2.17. The second kappa shape index (κ2) is 6.50. The molecule has 20 heavy (non-hydrogen) atoms. The van der Waals surface area contributed by atoms with Gasteiger partial charge in [-0.3, -0.25) is 9.89 Å². The summed E-state index contributed by atoms with van der Waals surface area (Å²) in [4.78, 5) is 16.2. The predicted molar refractivity (Wildman–Crippen MR) is 72.7 cm³/mol. The highest BCUT2D eigenvalue weighted by Gasteiger charge is 2.15. The molecule has 2 aromatic rings. The Labute approximate surface area is 116 Å². The van der Waals surface area contributed by atoms with Crippen LogP contribution in [-0.2, 0) is 0 Å². The third-order valence-corrected chi connectivity index (χ3v) is 2.69. The zero-order valence-electron chi connectivity index (χ0n) is 10.9. The standard InChI is InChI=1S/C14H14N4O2/c1-10(12-8-16-17-9-12)18-14(20)13-11(5-3-7-19)4-2-6-15-13/h2,4,6,8-10,19H,7H2,1H3,(H,16,17)(H,18,20). The third-order valence-electron chi connectivity index (χ3n) is 2.69. The molecule has 6 heteroatoms. The normalized spacial score (nSPS) is 11.3. The molecule has 1 amide bonds. The largest absolute Gasteiger partial charge is 0.384 e. The first-order valence-corrected chi connectivity index (χ1v) is 6.06. The van der Waals surface area contributed by atoms with Crippen LogP contribution in [0.15, 0.2) is 30.7 Å². The minimum Gasteiger partial charge on any atom is -0.384 e. The van der Waals surface area contributed by atoms with Crippen molar-refractivity contribution in [2.45, 2.75) is 13.0 Å². The molecule has 2 rings (SSSR count). The van der Waals surface area contributed by atoms with E-state index < -0.39 is 0 Å². The van der Waals surface area contributed by atoms with Crippen LogP contribution in [0.25, 0.3) is 0 Å². The first kappa shape index (κ1) is 13.8. The van der Waals surface area contributed by atoms with Gasteiger partial charge in [0.2, 0.25) is 0 Å². The van der Waals surface area contributed by atoms with Gasteiger partial charge < -0.3 is 10.4 Å². The van der Waals surface area contributed by atoms with Crippen LogP contribution in [0.4, 0.5) is 0 Å². The summed E-state index contributed by atoms with van der Waals surface area (Å²) in [5.74, 6) is 4.90. The fourth-order valence-corrected chi connectivity index (χ4v) is 1.67. The van der Waals surface area contributed by atoms with Crippen LogP contribution in [0.3, 0.4) is 0 Å². The van der Waals surface area contributed by atoms with Gasteiger partial charge in [0.1, 0.15) is 12.3 Å². The number of amides is 1. The number of nitrogens with zero attached hydrogens (tertiary/aromatic N) is 2. The molecule has 0 aromatic carbocycles. The highest BCUT2D eigenvalue weighted by atomic mass is 16.2. The number of aliphatic hydroxyl groups is 1. The number of H-pyrrole nitrogens is 1. The number of aromatic nitrogens is 3. The zero-order chi connectivity index (χ0) is 14.4. The summed E-state index contributed by atoms with van der Waals surface area (Å²) in [5.41, 5.74) is 1.60. The van der Waals surface area contributed by atoms with Crippen LogP contribution in [0, 0.1) is 11.8 Å². The van der Waals surface area contributed by atoms with Gasteiger partial charge in [-0.1, -0.05) is 11.8 Å². The van der Waals surface area contributed by atoms with Crippen molar-refractivity contribution in [2.75, 3.05) is 6.61 Å². The first-order valence-electron chi connectivity index (χ1n) is 6.06. The highest BCUT2D eigenvalue weighted by Crippen LogP contribution is 2.11. The molecule has 0 fully saturated rings. The summed E-state index contributed by atoms with van der Waals surface area (Å²) in [6.45, 7) is 1.59. The zero-order valence-corrected chi connectivity index (χ0v) is 10.9. The average Bonchev–Trinajstić information content (AvgIpc) is 2.99. The monoisotopic (exact) mass is 270 g/mol. The predicted octanol–water partition coefficient (Wildman–Crippen LogP) is 0.640. The number of aromatic amines is 1. The van der Waals surface area contributed by atoms with Gasteiger partial charge in [-0.2, -0.15) is 5.10 Å². The van der Waals surface area contributed by atoms with Crippen molar-refractivity contribution in [3.05, 3.63) is 47.5 Å². The van der Waals surface area contributed by atoms with Crippen LogP contribution in [-0.4, -0.2) is 32.8 Å². The fourth-order valence-electron chi connectivity index (χ4n) is 1.67. The van der Waals surface area contributed by atoms with Crippen molar-refractivity contribution in [3.63, 3.8) is 0 Å². The Morgan fingerprint density at radius 1 is 1.60 bits per heavy atom. The number of hydrogen-bond acceptors (Lipinski definition) is 4. The van der Waals surface area contributed by atoms with Gasteiger partial charge in [0.15, 0.2) is 0 Å². The van der Waals surface area contributed by atoms with Crippen LogP contribution in [0.1, 0.15) is 34.6 Å². The summed E-state index contributed by atoms with van der Waals surface area (Å²) >= 11 is 0. The van der Waals surface area contributed by atoms with Gasteiger partial charge >= 0.3 is 0 Å². The highest BCUT2D eigenvalue weighted by molar-refractivity contribution is 5.94. The number of pyridine rings is 1. The van der Waals surface area contributed by atoms with Gasteiger partial charge in [-0.15, -0.1) is 0 Å². The van der Waals surface area contributed by atoms with Crippen LogP contribution >= 0.6 is 0 Å². The molecule has 2 aromatic heterocycles. The summed E-state index contributed by atoms with van der Waals surface area (Å²) in [6.07, 6.45) is 4.90. The summed E-state index contributed by atoms with van der Waals surface area (Å²) in [7, 11) is 0. The third kappa shape index (κ3) is 3.22. The molecule has 1 atom stereocenters. The van der Waals surface area contributed by atoms with Crippen molar-refractivity contribution in [1.82, 2.24) is 20.5 Å². The lowest BCUT2D eigenvalue weighted by Crippen LogP contribution is -2.28. The summed E-state index contributed by atoms with van der Waals surface area (Å²) in [6, 6.07) is 3.19. The van der Waals surface area contributed by atoms with E-state index >= 15 is 0 Å². The second-order valence-corrected chi connectivity index (χ2v) is 4.09. The maximum atomic E-state index is 12.2. The number of carbonyl (C=O) groups excluding carboxylic acids is 1. The van der Waals surface area contributed by atoms with Gasteiger partial charge in [0, 0.05) is 18.0 Å². The van der Waals surface area contributed by atoms with E-state index in [4.69, 9.17) is 5.11 Å². The van der Waals surface area contributed by atoms with E-state index in [-0.39, 0.29) is 24.2 Å². The lowest BCUT2D eigenvalue weighted by atomic mass is 10.1. The topological polar surface area (TPSA) is 90.9 Å². The Kier molecular flexibility index (Phi) is 4.47. The molecule has 0 aliphatic rings. The SMILES string of the molecule is CC(NC(=O)c1ncccc1C#CCO)c1cn[nH]c1. The quantitative estimate of drug-likeness (QED) is 0.714. The van der Waals surface area contributed by atoms with Crippen LogP contribution in [0.5, 0.6) is 0 Å². The Hall–Kier alpha value is -2.65. The van der Waals surface area contributed by atoms with Crippen LogP contribution < -0.4 is 5.32 Å². The lowest BCUT2D eigenvalue weighted by molar-refractivity contribution is 0.0934. The maximum Gasteiger partial charge on any atom is 0.271 e. The minimum atomic E-state index is -0.318. The molecule has 3 N–H and O–H groups in total. The molecule has 2 heterocycles. The molecule has 0 aliphatic heterocycles. The van der Waals surface area contributed by atoms with Crippen molar-refractivity contribution < 1.29 is 9.90 Å². The molecule has 0 saturated carbocycles. The average molecular weight is 270 g/mol. The molecule has 0 bridgehead atoms. The molecular weight excluding hydrogens is 256 g/mol. The molecule has 6 nitrogen and oxygen atoms in total. The number of hydrogen-bond donors (Lipinski definition) is 3. The second-order valence-electron chi connectivity index (χ2n) is 4.09. The van der Waals surface area contributed by atoms with Gasteiger partial charge in [0.05, 0.1) is 17.8 Å². The Bertz CT molecular complexity index is 641. The van der Waals surface area contributed by atoms with E-state index in [0.717, 1.165) is 5.56 Å². The molecule has 0 aliphatic carbocycles. The first-order chi connectivity index (χ1) is 9.72. The van der Waals surface area contributed by atoms with Crippen LogP contribution in [0.2, 0.25) is 0 Å². The van der Waals surface area contributed by atoms with E-state index in [1.54, 1.807) is 24.5 Å².